The molecule has 0 saturated heterocycles. The lowest BCUT2D eigenvalue weighted by atomic mass is 10.2. The number of hydrogen-bond acceptors (Lipinski definition) is 2. The Morgan fingerprint density at radius 2 is 2.35 bits per heavy atom. The number of imidazole rings is 2. The van der Waals surface area contributed by atoms with Gasteiger partial charge in [-0.1, -0.05) is 6.07 Å². The van der Waals surface area contributed by atoms with E-state index in [9.17, 15) is 0 Å². The SMILES string of the molecule is [2H]C([2H])([2H])n1c2cnccc2[n+]2cc3n(c12)Cc1cccnc1-3. The molecule has 20 heavy (non-hydrogen) atoms. The Morgan fingerprint density at radius 1 is 1.35 bits per heavy atom. The fourth-order valence-electron chi connectivity index (χ4n) is 3.07. The molecule has 5 heterocycles. The highest BCUT2D eigenvalue weighted by Gasteiger charge is 2.31. The number of hydrogen-bond donors (Lipinski definition) is 0. The van der Waals surface area contributed by atoms with Crippen LogP contribution < -0.4 is 4.40 Å². The van der Waals surface area contributed by atoms with E-state index in [1.807, 2.05) is 33.4 Å². The van der Waals surface area contributed by atoms with Gasteiger partial charge >= 0.3 is 5.78 Å². The molecule has 5 rings (SSSR count). The van der Waals surface area contributed by atoms with Crippen LogP contribution in [0.15, 0.2) is 43.0 Å². The van der Waals surface area contributed by atoms with Gasteiger partial charge in [0.25, 0.3) is 0 Å². The summed E-state index contributed by atoms with van der Waals surface area (Å²) in [6.45, 7) is -1.66. The molecule has 0 aromatic carbocycles. The highest BCUT2D eigenvalue weighted by atomic mass is 15.3. The van der Waals surface area contributed by atoms with Gasteiger partial charge in [-0.2, -0.15) is 4.40 Å². The van der Waals surface area contributed by atoms with E-state index in [1.165, 1.54) is 4.57 Å². The van der Waals surface area contributed by atoms with E-state index in [1.54, 1.807) is 18.6 Å². The van der Waals surface area contributed by atoms with Crippen LogP contribution in [-0.4, -0.2) is 19.1 Å². The number of rotatable bonds is 0. The van der Waals surface area contributed by atoms with E-state index >= 15 is 0 Å². The van der Waals surface area contributed by atoms with Crippen LogP contribution in [0.1, 0.15) is 9.68 Å². The van der Waals surface area contributed by atoms with Crippen molar-refractivity contribution in [1.29, 1.82) is 0 Å². The Hall–Kier alpha value is -2.69. The normalized spacial score (nSPS) is 15.9. The molecule has 0 aliphatic carbocycles. The predicted octanol–water partition coefficient (Wildman–Crippen LogP) is 1.54. The Balaban J connectivity index is 1.97. The van der Waals surface area contributed by atoms with Crippen LogP contribution in [0.5, 0.6) is 0 Å². The third kappa shape index (κ3) is 1.02. The van der Waals surface area contributed by atoms with Crippen LogP contribution in [0.25, 0.3) is 28.2 Å². The Bertz CT molecular complexity index is 1090. The maximum atomic E-state index is 7.94. The molecule has 1 aliphatic heterocycles. The number of aryl methyl sites for hydroxylation is 1. The summed E-state index contributed by atoms with van der Waals surface area (Å²) in [6, 6.07) is 5.76. The smallest absolute Gasteiger partial charge is 0.261 e. The lowest BCUT2D eigenvalue weighted by Gasteiger charge is -1.93. The van der Waals surface area contributed by atoms with Crippen LogP contribution in [-0.2, 0) is 13.5 Å². The standard InChI is InChI=1S/C15H12N5/c1-18-12-7-16-6-4-11(12)20-9-13-14-10(3-2-5-17-14)8-19(13)15(18)20/h2-7,9H,8H2,1H3/q+1/i1D3. The fraction of sp³-hybridized carbons (Fsp3) is 0.133. The maximum absolute atomic E-state index is 7.94. The Kier molecular flexibility index (Phi) is 1.27. The first-order chi connectivity index (χ1) is 11.1. The zero-order valence-electron chi connectivity index (χ0n) is 13.5. The van der Waals surface area contributed by atoms with Gasteiger partial charge in [0.15, 0.2) is 11.2 Å². The first-order valence-electron chi connectivity index (χ1n) is 7.90. The molecular formula is C15H12N5+. The van der Waals surface area contributed by atoms with Crippen LogP contribution >= 0.6 is 0 Å². The van der Waals surface area contributed by atoms with Crippen molar-refractivity contribution in [3.63, 3.8) is 0 Å². The van der Waals surface area contributed by atoms with Crippen molar-refractivity contribution >= 4 is 16.8 Å². The summed E-state index contributed by atoms with van der Waals surface area (Å²) in [6.07, 6.45) is 6.99. The third-order valence-corrected chi connectivity index (χ3v) is 3.94. The van der Waals surface area contributed by atoms with Gasteiger partial charge in [0.1, 0.15) is 17.4 Å². The highest BCUT2D eigenvalue weighted by molar-refractivity contribution is 5.75. The van der Waals surface area contributed by atoms with Gasteiger partial charge in [0, 0.05) is 18.0 Å². The van der Waals surface area contributed by atoms with Gasteiger partial charge in [0.2, 0.25) is 0 Å². The largest absolute Gasteiger partial charge is 0.370 e. The molecule has 1 aliphatic rings. The van der Waals surface area contributed by atoms with E-state index in [0.717, 1.165) is 22.5 Å². The quantitative estimate of drug-likeness (QED) is 0.398. The van der Waals surface area contributed by atoms with Crippen molar-refractivity contribution in [2.75, 3.05) is 0 Å². The Morgan fingerprint density at radius 3 is 3.30 bits per heavy atom. The maximum Gasteiger partial charge on any atom is 0.370 e. The molecule has 0 radical (unpaired) electrons. The highest BCUT2D eigenvalue weighted by Crippen LogP contribution is 2.31. The first kappa shape index (κ1) is 7.79. The summed E-state index contributed by atoms with van der Waals surface area (Å²) < 4.78 is 29.1. The van der Waals surface area contributed by atoms with Crippen molar-refractivity contribution in [2.24, 2.45) is 6.98 Å². The monoisotopic (exact) mass is 265 g/mol. The van der Waals surface area contributed by atoms with E-state index in [4.69, 9.17) is 4.11 Å². The molecule has 0 N–H and O–H groups in total. The second-order valence-corrected chi connectivity index (χ2v) is 4.98. The zero-order chi connectivity index (χ0) is 15.8. The van der Waals surface area contributed by atoms with Gasteiger partial charge < -0.3 is 0 Å². The summed E-state index contributed by atoms with van der Waals surface area (Å²) in [7, 11) is 0. The molecule has 0 unspecified atom stereocenters. The molecule has 5 heteroatoms. The van der Waals surface area contributed by atoms with E-state index < -0.39 is 6.98 Å². The number of aromatic nitrogens is 5. The van der Waals surface area contributed by atoms with Gasteiger partial charge in [-0.05, 0) is 12.1 Å². The minimum atomic E-state index is -2.28. The van der Waals surface area contributed by atoms with Crippen molar-refractivity contribution in [1.82, 2.24) is 19.1 Å². The second-order valence-electron chi connectivity index (χ2n) is 4.98. The van der Waals surface area contributed by atoms with Gasteiger partial charge in [-0.25, -0.2) is 9.13 Å². The molecule has 0 saturated carbocycles. The zero-order valence-corrected chi connectivity index (χ0v) is 10.5. The molecule has 5 nitrogen and oxygen atoms in total. The third-order valence-electron chi connectivity index (χ3n) is 3.94. The van der Waals surface area contributed by atoms with Crippen molar-refractivity contribution < 1.29 is 8.51 Å². The molecule has 0 fully saturated rings. The van der Waals surface area contributed by atoms with Crippen LogP contribution in [0.4, 0.5) is 0 Å². The van der Waals surface area contributed by atoms with Crippen LogP contribution in [0.3, 0.4) is 0 Å². The van der Waals surface area contributed by atoms with Gasteiger partial charge in [0.05, 0.1) is 23.8 Å². The number of pyridine rings is 2. The molecule has 0 atom stereocenters. The topological polar surface area (TPSA) is 39.7 Å². The molecule has 4 aromatic heterocycles. The second kappa shape index (κ2) is 3.25. The lowest BCUT2D eigenvalue weighted by Crippen LogP contribution is -2.18. The average molecular weight is 265 g/mol. The average Bonchev–Trinajstić information content (AvgIpc) is 3.13. The van der Waals surface area contributed by atoms with Crippen molar-refractivity contribution in [3.8, 4) is 11.4 Å². The van der Waals surface area contributed by atoms with E-state index in [0.29, 0.717) is 17.8 Å². The van der Waals surface area contributed by atoms with Gasteiger partial charge in [-0.3, -0.25) is 9.97 Å². The summed E-state index contributed by atoms with van der Waals surface area (Å²) in [5, 5.41) is 0. The summed E-state index contributed by atoms with van der Waals surface area (Å²) >= 11 is 0. The molecule has 4 aromatic rings. The number of nitrogens with zero attached hydrogens (tertiary/aromatic N) is 5. The lowest BCUT2D eigenvalue weighted by molar-refractivity contribution is -0.480. The van der Waals surface area contributed by atoms with Crippen LogP contribution in [0.2, 0.25) is 0 Å². The molecule has 0 spiro atoms. The molecule has 0 amide bonds. The van der Waals surface area contributed by atoms with Crippen molar-refractivity contribution in [2.45, 2.75) is 6.54 Å². The summed E-state index contributed by atoms with van der Waals surface area (Å²) in [4.78, 5) is 8.54. The van der Waals surface area contributed by atoms with Crippen molar-refractivity contribution in [3.05, 3.63) is 48.5 Å². The van der Waals surface area contributed by atoms with E-state index in [-0.39, 0.29) is 0 Å². The van der Waals surface area contributed by atoms with Crippen LogP contribution in [0, 0.1) is 0 Å². The Labute approximate surface area is 119 Å². The van der Waals surface area contributed by atoms with Gasteiger partial charge in [-0.15, -0.1) is 0 Å². The summed E-state index contributed by atoms with van der Waals surface area (Å²) in [5.41, 5.74) is 4.38. The summed E-state index contributed by atoms with van der Waals surface area (Å²) in [5.74, 6) is 0.626. The van der Waals surface area contributed by atoms with E-state index in [2.05, 4.69) is 9.97 Å². The fourth-order valence-corrected chi connectivity index (χ4v) is 3.07. The minimum Gasteiger partial charge on any atom is -0.261 e. The molecule has 0 bridgehead atoms. The molecular weight excluding hydrogens is 250 g/mol. The predicted molar refractivity (Wildman–Crippen MR) is 74.2 cm³/mol. The first-order valence-corrected chi connectivity index (χ1v) is 6.40. The molecule has 96 valence electrons. The minimum absolute atomic E-state index is 0.599. The number of fused-ring (bicyclic) bond motifs is 7.